The second-order valence-electron chi connectivity index (χ2n) is 15.6. The van der Waals surface area contributed by atoms with Crippen LogP contribution >= 0.6 is 11.6 Å². The summed E-state index contributed by atoms with van der Waals surface area (Å²) in [5.74, 6) is 0.938. The number of nitrogens with zero attached hydrogens (tertiary/aromatic N) is 3. The number of Topliss-reactive ketones (excluding diaryl/α,β-unsaturated/α-hetero) is 1. The molecule has 56 heavy (non-hydrogen) atoms. The fourth-order valence-electron chi connectivity index (χ4n) is 6.85. The number of unbranched alkanes of at least 4 members (excludes halogenated alkanes) is 7. The Morgan fingerprint density at radius 2 is 1.38 bits per heavy atom. The minimum absolute atomic E-state index is 0.0624. The fourth-order valence-corrected chi connectivity index (χ4v) is 7.03. The van der Waals surface area contributed by atoms with Crippen LogP contribution in [-0.4, -0.2) is 91.9 Å². The van der Waals surface area contributed by atoms with Crippen LogP contribution in [0.5, 0.6) is 5.75 Å². The summed E-state index contributed by atoms with van der Waals surface area (Å²) in [5, 5.41) is 0. The number of hydrogen-bond donors (Lipinski definition) is 0. The summed E-state index contributed by atoms with van der Waals surface area (Å²) >= 11 is 5.69. The summed E-state index contributed by atoms with van der Waals surface area (Å²) in [6.07, 6.45) is 15.4. The van der Waals surface area contributed by atoms with E-state index in [-0.39, 0.29) is 29.9 Å². The summed E-state index contributed by atoms with van der Waals surface area (Å²) < 4.78 is 17.6. The van der Waals surface area contributed by atoms with Gasteiger partial charge in [-0.05, 0) is 93.7 Å². The monoisotopic (exact) mass is 797 g/mol. The van der Waals surface area contributed by atoms with Gasteiger partial charge in [-0.25, -0.2) is 4.79 Å². The third-order valence-corrected chi connectivity index (χ3v) is 10.4. The number of urea groups is 1. The second kappa shape index (κ2) is 25.0. The smallest absolute Gasteiger partial charge is 0.333 e. The molecule has 1 aromatic rings. The van der Waals surface area contributed by atoms with Crippen molar-refractivity contribution < 1.29 is 33.4 Å². The molecule has 0 unspecified atom stereocenters. The largest absolute Gasteiger partial charge is 0.457 e. The highest BCUT2D eigenvalue weighted by Gasteiger charge is 2.41. The van der Waals surface area contributed by atoms with Crippen LogP contribution in [0.2, 0.25) is 0 Å². The highest BCUT2D eigenvalue weighted by Crippen LogP contribution is 2.44. The molecule has 1 aromatic carbocycles. The summed E-state index contributed by atoms with van der Waals surface area (Å²) in [4.78, 5) is 58.1. The van der Waals surface area contributed by atoms with E-state index in [0.29, 0.717) is 76.4 Å². The standard InChI is InChI=1S/C45H68ClN3O7/c1-7-10-16-27-48-42(51)39(25-23-37-34-40(45(4,5)6)38-24-22-35(33-41(38)56-37)47(8-2)9-3)43(52)49(44(48)53)28-17-13-14-20-36(50)21-19-30-55-32-31-54-29-18-12-11-15-26-46/h22-25,33-34H,7-21,26-32H2,1-6H3/b37-23-,39-25+. The molecule has 0 spiro atoms. The molecule has 3 rings (SSSR count). The molecule has 1 fully saturated rings. The van der Waals surface area contributed by atoms with Gasteiger partial charge in [-0.2, -0.15) is 0 Å². The zero-order valence-electron chi connectivity index (χ0n) is 35.1. The Morgan fingerprint density at radius 3 is 2.00 bits per heavy atom. The molecule has 0 aliphatic carbocycles. The van der Waals surface area contributed by atoms with Crippen LogP contribution in [0.1, 0.15) is 131 Å². The summed E-state index contributed by atoms with van der Waals surface area (Å²) in [5.41, 5.74) is 2.89. The molecule has 2 aliphatic rings. The van der Waals surface area contributed by atoms with Crippen LogP contribution in [0, 0.1) is 5.41 Å². The average molecular weight is 799 g/mol. The molecule has 0 atom stereocenters. The van der Waals surface area contributed by atoms with E-state index >= 15 is 0 Å². The van der Waals surface area contributed by atoms with Crippen LogP contribution in [0.25, 0.3) is 5.57 Å². The number of ketones is 1. The number of carbonyl (C=O) groups is 4. The maximum Gasteiger partial charge on any atom is 0.333 e. The Hall–Kier alpha value is -3.47. The first kappa shape index (κ1) is 46.9. The molecule has 0 N–H and O–H groups in total. The van der Waals surface area contributed by atoms with Gasteiger partial charge in [0.25, 0.3) is 11.8 Å². The Morgan fingerprint density at radius 1 is 0.768 bits per heavy atom. The predicted molar refractivity (Wildman–Crippen MR) is 226 cm³/mol. The van der Waals surface area contributed by atoms with E-state index in [1.807, 2.05) is 12.1 Å². The highest BCUT2D eigenvalue weighted by molar-refractivity contribution is 6.28. The number of halogens is 1. The Labute approximate surface area is 341 Å². The summed E-state index contributed by atoms with van der Waals surface area (Å²) in [6.45, 7) is 17.2. The van der Waals surface area contributed by atoms with Crippen LogP contribution < -0.4 is 9.64 Å². The van der Waals surface area contributed by atoms with Crippen LogP contribution in [0.3, 0.4) is 0 Å². The Kier molecular flexibility index (Phi) is 21.0. The number of barbiturate groups is 1. The van der Waals surface area contributed by atoms with Gasteiger partial charge in [0.15, 0.2) is 0 Å². The van der Waals surface area contributed by atoms with Crippen molar-refractivity contribution in [1.29, 1.82) is 0 Å². The first-order valence-electron chi connectivity index (χ1n) is 21.1. The van der Waals surface area contributed by atoms with Gasteiger partial charge in [0, 0.05) is 75.4 Å². The zero-order valence-corrected chi connectivity index (χ0v) is 35.9. The van der Waals surface area contributed by atoms with E-state index in [4.69, 9.17) is 25.8 Å². The topological polar surface area (TPSA) is 106 Å². The van der Waals surface area contributed by atoms with E-state index in [1.165, 1.54) is 15.9 Å². The number of benzene rings is 1. The number of alkyl halides is 1. The van der Waals surface area contributed by atoms with E-state index in [9.17, 15) is 19.2 Å². The third kappa shape index (κ3) is 14.8. The number of fused-ring (bicyclic) bond motifs is 1. The average Bonchev–Trinajstić information content (AvgIpc) is 3.17. The van der Waals surface area contributed by atoms with Crippen molar-refractivity contribution in [2.45, 2.75) is 125 Å². The molecule has 312 valence electrons. The van der Waals surface area contributed by atoms with E-state index in [2.05, 4.69) is 58.6 Å². The number of imide groups is 2. The van der Waals surface area contributed by atoms with Crippen molar-refractivity contribution in [3.8, 4) is 5.75 Å². The quantitative estimate of drug-likeness (QED) is 0.0375. The molecular formula is C45H68ClN3O7. The van der Waals surface area contributed by atoms with Crippen molar-refractivity contribution in [2.75, 3.05) is 63.4 Å². The minimum Gasteiger partial charge on any atom is -0.457 e. The van der Waals surface area contributed by atoms with Crippen LogP contribution in [0.4, 0.5) is 10.5 Å². The SMILES string of the molecule is CCCCCN1C(=O)/C(=C\C=C2\C=C(C(C)(C)C)c3ccc(N(CC)CC)cc3O2)C(=O)N(CCCCCC(=O)CCCOCCOCCCCCCCl)C1=O. The van der Waals surface area contributed by atoms with Gasteiger partial charge in [-0.3, -0.25) is 24.2 Å². The zero-order chi connectivity index (χ0) is 40.9. The predicted octanol–water partition coefficient (Wildman–Crippen LogP) is 9.89. The molecule has 0 saturated carbocycles. The van der Waals surface area contributed by atoms with Gasteiger partial charge in [0.2, 0.25) is 0 Å². The maximum absolute atomic E-state index is 13.8. The molecule has 0 radical (unpaired) electrons. The van der Waals surface area contributed by atoms with Gasteiger partial charge < -0.3 is 19.1 Å². The van der Waals surface area contributed by atoms with Crippen LogP contribution in [0.15, 0.2) is 47.8 Å². The summed E-state index contributed by atoms with van der Waals surface area (Å²) in [7, 11) is 0. The molecule has 0 aromatic heterocycles. The van der Waals surface area contributed by atoms with Gasteiger partial charge in [0.1, 0.15) is 22.9 Å². The molecule has 2 aliphatic heterocycles. The maximum atomic E-state index is 13.8. The molecule has 1 saturated heterocycles. The van der Waals surface area contributed by atoms with Gasteiger partial charge in [0.05, 0.1) is 13.2 Å². The van der Waals surface area contributed by atoms with Gasteiger partial charge >= 0.3 is 6.03 Å². The first-order valence-corrected chi connectivity index (χ1v) is 21.6. The fraction of sp³-hybridized carbons (Fsp3) is 0.644. The van der Waals surface area contributed by atoms with Gasteiger partial charge in [-0.15, -0.1) is 11.6 Å². The second-order valence-corrected chi connectivity index (χ2v) is 16.0. The van der Waals surface area contributed by atoms with Crippen molar-refractivity contribution in [1.82, 2.24) is 9.80 Å². The lowest BCUT2D eigenvalue weighted by Crippen LogP contribution is -2.56. The molecule has 10 nitrogen and oxygen atoms in total. The normalized spacial score (nSPS) is 16.1. The van der Waals surface area contributed by atoms with Gasteiger partial charge in [-0.1, -0.05) is 59.8 Å². The lowest BCUT2D eigenvalue weighted by Gasteiger charge is -2.34. The molecule has 11 heteroatoms. The highest BCUT2D eigenvalue weighted by atomic mass is 35.5. The van der Waals surface area contributed by atoms with Crippen molar-refractivity contribution in [3.05, 3.63) is 53.3 Å². The Bertz CT molecular complexity index is 1530. The number of rotatable bonds is 27. The molecule has 2 heterocycles. The lowest BCUT2D eigenvalue weighted by molar-refractivity contribution is -0.136. The van der Waals surface area contributed by atoms with E-state index in [1.54, 1.807) is 6.08 Å². The number of amides is 4. The van der Waals surface area contributed by atoms with Crippen LogP contribution in [-0.2, 0) is 23.9 Å². The number of anilines is 1. The van der Waals surface area contributed by atoms with Crippen molar-refractivity contribution >= 4 is 46.5 Å². The number of allylic oxidation sites excluding steroid dienone is 4. The number of hydrogen-bond acceptors (Lipinski definition) is 8. The molecular weight excluding hydrogens is 730 g/mol. The third-order valence-electron chi connectivity index (χ3n) is 10.1. The lowest BCUT2D eigenvalue weighted by atomic mass is 9.80. The molecule has 4 amide bonds. The summed E-state index contributed by atoms with van der Waals surface area (Å²) in [6, 6.07) is 5.68. The Balaban J connectivity index is 1.59. The first-order chi connectivity index (χ1) is 27.0. The number of carbonyl (C=O) groups excluding carboxylic acids is 4. The minimum atomic E-state index is -0.604. The number of ether oxygens (including phenoxy) is 3. The van der Waals surface area contributed by atoms with E-state index in [0.717, 1.165) is 80.8 Å². The van der Waals surface area contributed by atoms with Crippen molar-refractivity contribution in [2.24, 2.45) is 5.41 Å². The molecule has 0 bridgehead atoms. The van der Waals surface area contributed by atoms with E-state index < -0.39 is 17.8 Å². The van der Waals surface area contributed by atoms with Crippen molar-refractivity contribution in [3.63, 3.8) is 0 Å².